The van der Waals surface area contributed by atoms with Crippen LogP contribution in [0.4, 0.5) is 4.79 Å². The molecule has 10 nitrogen and oxygen atoms in total. The molecule has 0 bridgehead atoms. The minimum atomic E-state index is -1.17. The zero-order valence-electron chi connectivity index (χ0n) is 24.4. The van der Waals surface area contributed by atoms with Crippen molar-refractivity contribution in [3.63, 3.8) is 0 Å². The Labute approximate surface area is 240 Å². The molecule has 1 saturated heterocycles. The van der Waals surface area contributed by atoms with Crippen molar-refractivity contribution in [1.29, 1.82) is 0 Å². The van der Waals surface area contributed by atoms with Gasteiger partial charge in [0.15, 0.2) is 5.78 Å². The summed E-state index contributed by atoms with van der Waals surface area (Å²) in [5.41, 5.74) is 0.887. The van der Waals surface area contributed by atoms with Crippen molar-refractivity contribution in [1.82, 2.24) is 16.0 Å². The fourth-order valence-electron chi connectivity index (χ4n) is 4.48. The Kier molecular flexibility index (Phi) is 10.3. The summed E-state index contributed by atoms with van der Waals surface area (Å²) < 4.78 is 11.3. The van der Waals surface area contributed by atoms with Gasteiger partial charge < -0.3 is 20.1 Å². The van der Waals surface area contributed by atoms with E-state index in [2.05, 4.69) is 16.0 Å². The number of ketones is 1. The van der Waals surface area contributed by atoms with Gasteiger partial charge in [0.25, 0.3) is 0 Å². The molecule has 220 valence electrons. The van der Waals surface area contributed by atoms with Gasteiger partial charge in [0.2, 0.25) is 17.7 Å². The lowest BCUT2D eigenvalue weighted by molar-refractivity contribution is -0.137. The number of rotatable bonds is 11. The number of Topliss-reactive ketones (excluding diaryl/α,β-unsaturated/α-hetero) is 1. The number of alkyl carbamates (subject to hydrolysis) is 1. The molecule has 1 fully saturated rings. The van der Waals surface area contributed by atoms with Gasteiger partial charge in [-0.25, -0.2) is 4.79 Å². The van der Waals surface area contributed by atoms with Crippen LogP contribution in [0.25, 0.3) is 0 Å². The molecule has 10 heteroatoms. The lowest BCUT2D eigenvalue weighted by atomic mass is 9.85. The second kappa shape index (κ2) is 13.4. The van der Waals surface area contributed by atoms with Crippen molar-refractivity contribution in [3.05, 3.63) is 65.7 Å². The van der Waals surface area contributed by atoms with Gasteiger partial charge >= 0.3 is 6.09 Å². The normalized spacial score (nSPS) is 18.3. The molecule has 0 aliphatic carbocycles. The predicted molar refractivity (Wildman–Crippen MR) is 152 cm³/mol. The van der Waals surface area contributed by atoms with Crippen LogP contribution in [0, 0.1) is 17.8 Å². The Hall–Kier alpha value is -4.21. The number of carbonyl (C=O) groups is 5. The van der Waals surface area contributed by atoms with Crippen molar-refractivity contribution in [2.45, 2.75) is 72.3 Å². The first-order chi connectivity index (χ1) is 19.2. The minimum absolute atomic E-state index is 0.203. The Balaban J connectivity index is 1.74. The molecular formula is C31H39N3O7. The number of benzene rings is 2. The first-order valence-electron chi connectivity index (χ1n) is 13.7. The number of ether oxygens (including phenoxy) is 2. The van der Waals surface area contributed by atoms with Gasteiger partial charge in [-0.2, -0.15) is 0 Å². The maximum absolute atomic E-state index is 13.2. The SMILES string of the molecule is CC(C)[C@H](NC(=O)C[C@H](NC(=O)OC(C)(C)C)c1ccc(OCc2ccccc2)cc1)C(=O)[C@@H]1C(=O)NC(=O)[C@H]1C. The third-order valence-corrected chi connectivity index (χ3v) is 6.65. The molecule has 2 aromatic carbocycles. The number of nitrogens with one attached hydrogen (secondary N) is 3. The second-order valence-corrected chi connectivity index (χ2v) is 11.6. The summed E-state index contributed by atoms with van der Waals surface area (Å²) in [5, 5.41) is 7.65. The predicted octanol–water partition coefficient (Wildman–Crippen LogP) is 3.84. The van der Waals surface area contributed by atoms with Crippen LogP contribution in [0.5, 0.6) is 5.75 Å². The van der Waals surface area contributed by atoms with Gasteiger partial charge in [0.05, 0.1) is 24.4 Å². The maximum atomic E-state index is 13.2. The molecule has 41 heavy (non-hydrogen) atoms. The van der Waals surface area contributed by atoms with Crippen LogP contribution in [0.15, 0.2) is 54.6 Å². The molecule has 0 spiro atoms. The van der Waals surface area contributed by atoms with Gasteiger partial charge in [-0.1, -0.05) is 63.2 Å². The summed E-state index contributed by atoms with van der Waals surface area (Å²) in [4.78, 5) is 63.3. The van der Waals surface area contributed by atoms with Crippen molar-refractivity contribution in [3.8, 4) is 5.75 Å². The number of hydrogen-bond donors (Lipinski definition) is 3. The third kappa shape index (κ3) is 8.89. The average Bonchev–Trinajstić information content (AvgIpc) is 3.15. The Morgan fingerprint density at radius 3 is 2.10 bits per heavy atom. The van der Waals surface area contributed by atoms with Crippen molar-refractivity contribution < 1.29 is 33.4 Å². The van der Waals surface area contributed by atoms with E-state index < -0.39 is 59.1 Å². The van der Waals surface area contributed by atoms with Crippen molar-refractivity contribution >= 4 is 29.6 Å². The molecule has 3 N–H and O–H groups in total. The Bertz CT molecular complexity index is 1250. The lowest BCUT2D eigenvalue weighted by Crippen LogP contribution is -2.49. The highest BCUT2D eigenvalue weighted by atomic mass is 16.6. The molecule has 2 aromatic rings. The standard InChI is InChI=1S/C31H39N3O7/c1-18(2)26(27(36)25-19(3)28(37)34-29(25)38)33-24(35)16-23(32-30(39)41-31(4,5)6)21-12-14-22(15-13-21)40-17-20-10-8-7-9-11-20/h7-15,18-19,23,25-26H,16-17H2,1-6H3,(H,32,39)(H,33,35)(H,34,37,38)/t19-,23-,25+,26-/m0/s1. The molecule has 4 atom stereocenters. The largest absolute Gasteiger partial charge is 0.489 e. The van der Waals surface area contributed by atoms with Gasteiger partial charge in [-0.05, 0) is 49.9 Å². The number of amides is 4. The summed E-state index contributed by atoms with van der Waals surface area (Å²) in [6, 6.07) is 14.9. The lowest BCUT2D eigenvalue weighted by Gasteiger charge is -2.27. The van der Waals surface area contributed by atoms with E-state index in [4.69, 9.17) is 9.47 Å². The van der Waals surface area contributed by atoms with E-state index in [-0.39, 0.29) is 12.3 Å². The molecule has 4 amide bonds. The Morgan fingerprint density at radius 2 is 1.56 bits per heavy atom. The first kappa shape index (κ1) is 31.3. The van der Waals surface area contributed by atoms with Gasteiger partial charge in [-0.15, -0.1) is 0 Å². The number of carbonyl (C=O) groups excluding carboxylic acids is 5. The number of imide groups is 1. The zero-order chi connectivity index (χ0) is 30.3. The minimum Gasteiger partial charge on any atom is -0.489 e. The highest BCUT2D eigenvalue weighted by Crippen LogP contribution is 2.25. The summed E-state index contributed by atoms with van der Waals surface area (Å²) in [6.07, 6.45) is -0.906. The quantitative estimate of drug-likeness (QED) is 0.278. The van der Waals surface area contributed by atoms with E-state index in [9.17, 15) is 24.0 Å². The van der Waals surface area contributed by atoms with Gasteiger partial charge in [0.1, 0.15) is 23.9 Å². The van der Waals surface area contributed by atoms with E-state index in [1.807, 2.05) is 30.3 Å². The smallest absolute Gasteiger partial charge is 0.408 e. The third-order valence-electron chi connectivity index (χ3n) is 6.65. The van der Waals surface area contributed by atoms with Crippen LogP contribution in [0.3, 0.4) is 0 Å². The fraction of sp³-hybridized carbons (Fsp3) is 0.452. The van der Waals surface area contributed by atoms with E-state index in [0.717, 1.165) is 5.56 Å². The van der Waals surface area contributed by atoms with E-state index in [1.165, 1.54) is 6.92 Å². The van der Waals surface area contributed by atoms with E-state index in [0.29, 0.717) is 17.9 Å². The van der Waals surface area contributed by atoms with Crippen LogP contribution < -0.4 is 20.7 Å². The highest BCUT2D eigenvalue weighted by molar-refractivity contribution is 6.16. The monoisotopic (exact) mass is 565 g/mol. The zero-order valence-corrected chi connectivity index (χ0v) is 24.4. The molecule has 1 heterocycles. The van der Waals surface area contributed by atoms with Gasteiger partial charge in [0, 0.05) is 0 Å². The summed E-state index contributed by atoms with van der Waals surface area (Å²) in [6.45, 7) is 10.6. The first-order valence-corrected chi connectivity index (χ1v) is 13.7. The van der Waals surface area contributed by atoms with Crippen molar-refractivity contribution in [2.24, 2.45) is 17.8 Å². The fourth-order valence-corrected chi connectivity index (χ4v) is 4.48. The molecule has 0 saturated carbocycles. The molecule has 0 radical (unpaired) electrons. The van der Waals surface area contributed by atoms with E-state index >= 15 is 0 Å². The van der Waals surface area contributed by atoms with Crippen molar-refractivity contribution in [2.75, 3.05) is 0 Å². The summed E-state index contributed by atoms with van der Waals surface area (Å²) >= 11 is 0. The average molecular weight is 566 g/mol. The van der Waals surface area contributed by atoms with Crippen LogP contribution in [-0.2, 0) is 30.5 Å². The van der Waals surface area contributed by atoms with Crippen LogP contribution >= 0.6 is 0 Å². The molecule has 0 aromatic heterocycles. The van der Waals surface area contributed by atoms with E-state index in [1.54, 1.807) is 58.9 Å². The summed E-state index contributed by atoms with van der Waals surface area (Å²) in [7, 11) is 0. The van der Waals surface area contributed by atoms with Crippen LogP contribution in [0.2, 0.25) is 0 Å². The molecule has 1 aliphatic rings. The molecule has 3 rings (SSSR count). The second-order valence-electron chi connectivity index (χ2n) is 11.6. The van der Waals surface area contributed by atoms with Gasteiger partial charge in [-0.3, -0.25) is 24.5 Å². The topological polar surface area (TPSA) is 140 Å². The van der Waals surface area contributed by atoms with Crippen LogP contribution in [-0.4, -0.2) is 41.2 Å². The summed E-state index contributed by atoms with van der Waals surface area (Å²) in [5.74, 6) is -3.94. The molecular weight excluding hydrogens is 526 g/mol. The highest BCUT2D eigenvalue weighted by Gasteiger charge is 2.46. The maximum Gasteiger partial charge on any atom is 0.408 e. The number of hydrogen-bond acceptors (Lipinski definition) is 7. The Morgan fingerprint density at radius 1 is 0.927 bits per heavy atom. The molecule has 0 unspecified atom stereocenters. The van der Waals surface area contributed by atoms with Crippen LogP contribution in [0.1, 0.15) is 65.1 Å². The molecule has 1 aliphatic heterocycles.